The van der Waals surface area contributed by atoms with Crippen LogP contribution in [-0.2, 0) is 21.4 Å². The fraction of sp³-hybridized carbons (Fsp3) is 0.217. The van der Waals surface area contributed by atoms with Gasteiger partial charge in [-0.3, -0.25) is 0 Å². The first-order chi connectivity index (χ1) is 14.9. The average Bonchev–Trinajstić information content (AvgIpc) is 2.85. The van der Waals surface area contributed by atoms with E-state index in [0.29, 0.717) is 28.3 Å². The standard InChI is InChI=1S/C23H22BrClN2O3S/c1-26-19(16-30-15-17-8-4-2-5-9-17)14-27(18-10-6-3-7-11-18)22-13-21(25)20(24)12-23(22)31(26,28)29/h2-13,19H,14-16H2,1H3/t19-/m0/s1. The summed E-state index contributed by atoms with van der Waals surface area (Å²) in [6, 6.07) is 22.4. The normalized spacial score (nSPS) is 18.4. The Labute approximate surface area is 196 Å². The minimum absolute atomic E-state index is 0.209. The molecule has 5 nitrogen and oxygen atoms in total. The van der Waals surface area contributed by atoms with Crippen LogP contribution >= 0.6 is 27.5 Å². The van der Waals surface area contributed by atoms with Gasteiger partial charge < -0.3 is 9.64 Å². The fourth-order valence-corrected chi connectivity index (χ4v) is 5.79. The van der Waals surface area contributed by atoms with Crippen LogP contribution in [-0.4, -0.2) is 39.0 Å². The van der Waals surface area contributed by atoms with Crippen molar-refractivity contribution in [2.75, 3.05) is 25.1 Å². The maximum atomic E-state index is 13.5. The van der Waals surface area contributed by atoms with Crippen molar-refractivity contribution in [3.8, 4) is 0 Å². The van der Waals surface area contributed by atoms with Gasteiger partial charge in [0.2, 0.25) is 10.0 Å². The van der Waals surface area contributed by atoms with Crippen LogP contribution in [0.2, 0.25) is 5.02 Å². The third-order valence-corrected chi connectivity index (χ3v) is 8.48. The van der Waals surface area contributed by atoms with Crippen LogP contribution in [0.5, 0.6) is 0 Å². The van der Waals surface area contributed by atoms with Gasteiger partial charge in [0.15, 0.2) is 0 Å². The first kappa shape index (κ1) is 22.3. The topological polar surface area (TPSA) is 49.9 Å². The summed E-state index contributed by atoms with van der Waals surface area (Å²) in [5.74, 6) is 0. The Balaban J connectivity index is 1.71. The molecule has 1 aliphatic rings. The van der Waals surface area contributed by atoms with E-state index >= 15 is 0 Å². The van der Waals surface area contributed by atoms with E-state index in [4.69, 9.17) is 16.3 Å². The molecule has 1 heterocycles. The zero-order valence-corrected chi connectivity index (χ0v) is 20.1. The Bertz CT molecular complexity index is 1160. The zero-order chi connectivity index (χ0) is 22.0. The molecule has 0 saturated carbocycles. The Morgan fingerprint density at radius 1 is 1.06 bits per heavy atom. The number of benzene rings is 3. The van der Waals surface area contributed by atoms with Gasteiger partial charge in [-0.05, 0) is 45.8 Å². The number of sulfonamides is 1. The lowest BCUT2D eigenvalue weighted by molar-refractivity contribution is 0.0852. The lowest BCUT2D eigenvalue weighted by Gasteiger charge is -2.29. The Hall–Kier alpha value is -1.90. The number of ether oxygens (including phenoxy) is 1. The van der Waals surface area contributed by atoms with E-state index in [1.54, 1.807) is 19.2 Å². The molecule has 4 rings (SSSR count). The molecule has 0 unspecified atom stereocenters. The van der Waals surface area contributed by atoms with E-state index in [1.165, 1.54) is 4.31 Å². The van der Waals surface area contributed by atoms with Gasteiger partial charge in [0.25, 0.3) is 0 Å². The molecular formula is C23H22BrClN2O3S. The van der Waals surface area contributed by atoms with Crippen molar-refractivity contribution in [3.05, 3.63) is 87.9 Å². The third kappa shape index (κ3) is 4.66. The summed E-state index contributed by atoms with van der Waals surface area (Å²) in [5.41, 5.74) is 2.48. The highest BCUT2D eigenvalue weighted by molar-refractivity contribution is 9.10. The molecule has 0 bridgehead atoms. The molecule has 0 aromatic heterocycles. The lowest BCUT2D eigenvalue weighted by Crippen LogP contribution is -2.43. The number of rotatable bonds is 5. The number of fused-ring (bicyclic) bond motifs is 1. The van der Waals surface area contributed by atoms with E-state index < -0.39 is 10.0 Å². The average molecular weight is 522 g/mol. The van der Waals surface area contributed by atoms with Gasteiger partial charge in [0.05, 0.1) is 30.0 Å². The van der Waals surface area contributed by atoms with Crippen LogP contribution in [0.15, 0.2) is 82.2 Å². The summed E-state index contributed by atoms with van der Waals surface area (Å²) in [7, 11) is -2.15. The molecule has 3 aromatic carbocycles. The van der Waals surface area contributed by atoms with Crippen LogP contribution in [0.25, 0.3) is 0 Å². The van der Waals surface area contributed by atoms with E-state index in [0.717, 1.165) is 11.3 Å². The van der Waals surface area contributed by atoms with Gasteiger partial charge in [-0.1, -0.05) is 60.1 Å². The molecular weight excluding hydrogens is 500 g/mol. The number of nitrogens with zero attached hydrogens (tertiary/aromatic N) is 2. The quantitative estimate of drug-likeness (QED) is 0.447. The molecule has 0 spiro atoms. The number of anilines is 2. The minimum Gasteiger partial charge on any atom is -0.375 e. The van der Waals surface area contributed by atoms with Gasteiger partial charge in [-0.15, -0.1) is 0 Å². The van der Waals surface area contributed by atoms with Crippen LogP contribution in [0.3, 0.4) is 0 Å². The van der Waals surface area contributed by atoms with Crippen LogP contribution in [0.1, 0.15) is 5.56 Å². The summed E-state index contributed by atoms with van der Waals surface area (Å²) in [6.07, 6.45) is 0. The maximum absolute atomic E-state index is 13.5. The molecule has 31 heavy (non-hydrogen) atoms. The van der Waals surface area contributed by atoms with Crippen molar-refractivity contribution >= 4 is 48.9 Å². The van der Waals surface area contributed by atoms with Crippen LogP contribution in [0.4, 0.5) is 11.4 Å². The smallest absolute Gasteiger partial charge is 0.245 e. The molecule has 0 amide bonds. The molecule has 0 radical (unpaired) electrons. The molecule has 0 fully saturated rings. The minimum atomic E-state index is -3.76. The maximum Gasteiger partial charge on any atom is 0.245 e. The number of halogens is 2. The number of hydrogen-bond donors (Lipinski definition) is 0. The molecule has 0 N–H and O–H groups in total. The van der Waals surface area contributed by atoms with E-state index in [2.05, 4.69) is 15.9 Å². The van der Waals surface area contributed by atoms with Crippen LogP contribution in [0, 0.1) is 0 Å². The molecule has 162 valence electrons. The predicted octanol–water partition coefficient (Wildman–Crippen LogP) is 5.46. The fourth-order valence-electron chi connectivity index (χ4n) is 3.61. The third-order valence-electron chi connectivity index (χ3n) is 5.35. The second kappa shape index (κ2) is 9.30. The molecule has 1 aliphatic heterocycles. The Morgan fingerprint density at radius 3 is 2.39 bits per heavy atom. The van der Waals surface area contributed by atoms with E-state index in [-0.39, 0.29) is 17.5 Å². The SMILES string of the molecule is CN1[C@H](COCc2ccccc2)CN(c2ccccc2)c2cc(Cl)c(Br)cc2S1(=O)=O. The second-order valence-electron chi connectivity index (χ2n) is 7.36. The largest absolute Gasteiger partial charge is 0.375 e. The first-order valence-corrected chi connectivity index (χ1v) is 12.4. The molecule has 8 heteroatoms. The Kier molecular flexibility index (Phi) is 6.69. The van der Waals surface area contributed by atoms with Gasteiger partial charge in [-0.25, -0.2) is 8.42 Å². The second-order valence-corrected chi connectivity index (χ2v) is 10.6. The summed E-state index contributed by atoms with van der Waals surface area (Å²) < 4.78 is 34.9. The van der Waals surface area contributed by atoms with Crippen molar-refractivity contribution in [2.24, 2.45) is 0 Å². The highest BCUT2D eigenvalue weighted by Crippen LogP contribution is 2.41. The van der Waals surface area contributed by atoms with Crippen LogP contribution < -0.4 is 4.90 Å². The molecule has 1 atom stereocenters. The number of para-hydroxylation sites is 1. The summed E-state index contributed by atoms with van der Waals surface area (Å²) >= 11 is 9.73. The van der Waals surface area contributed by atoms with E-state index in [9.17, 15) is 8.42 Å². The summed E-state index contributed by atoms with van der Waals surface area (Å²) in [6.45, 7) is 1.11. The van der Waals surface area contributed by atoms with Crippen molar-refractivity contribution in [1.29, 1.82) is 0 Å². The van der Waals surface area contributed by atoms with Gasteiger partial charge >= 0.3 is 0 Å². The Morgan fingerprint density at radius 2 is 1.71 bits per heavy atom. The summed E-state index contributed by atoms with van der Waals surface area (Å²) in [5, 5.41) is 0.455. The van der Waals surface area contributed by atoms with Gasteiger partial charge in [-0.2, -0.15) is 4.31 Å². The number of hydrogen-bond acceptors (Lipinski definition) is 4. The van der Waals surface area contributed by atoms with Crippen molar-refractivity contribution in [2.45, 2.75) is 17.5 Å². The lowest BCUT2D eigenvalue weighted by atomic mass is 10.2. The van der Waals surface area contributed by atoms with E-state index in [1.807, 2.05) is 65.6 Å². The summed E-state index contributed by atoms with van der Waals surface area (Å²) in [4.78, 5) is 2.20. The predicted molar refractivity (Wildman–Crippen MR) is 127 cm³/mol. The van der Waals surface area contributed by atoms with Crippen molar-refractivity contribution < 1.29 is 13.2 Å². The van der Waals surface area contributed by atoms with Gasteiger partial charge in [0.1, 0.15) is 4.90 Å². The molecule has 3 aromatic rings. The highest BCUT2D eigenvalue weighted by atomic mass is 79.9. The van der Waals surface area contributed by atoms with Gasteiger partial charge in [0, 0.05) is 23.8 Å². The number of likely N-dealkylation sites (N-methyl/N-ethyl adjacent to an activating group) is 1. The molecule has 0 saturated heterocycles. The monoisotopic (exact) mass is 520 g/mol. The highest BCUT2D eigenvalue weighted by Gasteiger charge is 2.37. The zero-order valence-electron chi connectivity index (χ0n) is 16.9. The molecule has 0 aliphatic carbocycles. The first-order valence-electron chi connectivity index (χ1n) is 9.79. The van der Waals surface area contributed by atoms with Crippen molar-refractivity contribution in [1.82, 2.24) is 4.31 Å². The van der Waals surface area contributed by atoms with Crippen molar-refractivity contribution in [3.63, 3.8) is 0 Å².